The van der Waals surface area contributed by atoms with Gasteiger partial charge in [0, 0.05) is 17.8 Å². The molecule has 0 aliphatic heterocycles. The fourth-order valence-corrected chi connectivity index (χ4v) is 1.29. The van der Waals surface area contributed by atoms with Crippen LogP contribution in [0.15, 0.2) is 6.07 Å². The first-order chi connectivity index (χ1) is 7.27. The van der Waals surface area contributed by atoms with Crippen LogP contribution in [0.5, 0.6) is 0 Å². The maximum atomic E-state index is 12.4. The Morgan fingerprint density at radius 2 is 1.94 bits per heavy atom. The van der Waals surface area contributed by atoms with Crippen LogP contribution in [0.3, 0.4) is 0 Å². The molecule has 7 heteroatoms. The molecule has 0 radical (unpaired) electrons. The van der Waals surface area contributed by atoms with Crippen LogP contribution in [0, 0.1) is 6.92 Å². The van der Waals surface area contributed by atoms with Crippen LogP contribution in [-0.4, -0.2) is 4.98 Å². The molecule has 1 rings (SSSR count). The van der Waals surface area contributed by atoms with E-state index in [1.807, 2.05) is 0 Å². The van der Waals surface area contributed by atoms with Gasteiger partial charge in [0.1, 0.15) is 5.69 Å². The van der Waals surface area contributed by atoms with E-state index in [0.29, 0.717) is 0 Å². The molecule has 0 saturated carbocycles. The Morgan fingerprint density at radius 1 is 1.38 bits per heavy atom. The van der Waals surface area contributed by atoms with E-state index in [1.165, 1.54) is 0 Å². The van der Waals surface area contributed by atoms with Crippen LogP contribution < -0.4 is 5.73 Å². The lowest BCUT2D eigenvalue weighted by Crippen LogP contribution is -2.16. The minimum atomic E-state index is -4.68. The van der Waals surface area contributed by atoms with Crippen LogP contribution in [0.2, 0.25) is 0 Å². The van der Waals surface area contributed by atoms with E-state index >= 15 is 0 Å². The summed E-state index contributed by atoms with van der Waals surface area (Å²) >= 11 is 0. The van der Waals surface area contributed by atoms with Crippen LogP contribution in [0.25, 0.3) is 0 Å². The molecule has 0 fully saturated rings. The van der Waals surface area contributed by atoms with Gasteiger partial charge in [-0.25, -0.2) is 13.8 Å². The van der Waals surface area contributed by atoms with Crippen molar-refractivity contribution in [2.75, 3.05) is 0 Å². The number of aromatic nitrogens is 1. The summed E-state index contributed by atoms with van der Waals surface area (Å²) in [5.74, 6) is 0. The van der Waals surface area contributed by atoms with Gasteiger partial charge >= 0.3 is 6.18 Å². The van der Waals surface area contributed by atoms with Crippen molar-refractivity contribution in [2.24, 2.45) is 5.73 Å². The zero-order valence-electron chi connectivity index (χ0n) is 8.28. The third-order valence-electron chi connectivity index (χ3n) is 2.05. The maximum Gasteiger partial charge on any atom is 0.433 e. The summed E-state index contributed by atoms with van der Waals surface area (Å²) < 4.78 is 62.1. The summed E-state index contributed by atoms with van der Waals surface area (Å²) in [5, 5.41) is 0. The Balaban J connectivity index is 3.38. The first-order valence-corrected chi connectivity index (χ1v) is 4.33. The molecule has 0 atom stereocenters. The molecule has 0 amide bonds. The van der Waals surface area contributed by atoms with Crippen molar-refractivity contribution < 1.29 is 22.0 Å². The van der Waals surface area contributed by atoms with Crippen LogP contribution >= 0.6 is 0 Å². The number of rotatable bonds is 2. The lowest BCUT2D eigenvalue weighted by Gasteiger charge is -2.14. The van der Waals surface area contributed by atoms with Crippen LogP contribution in [-0.2, 0) is 12.7 Å². The lowest BCUT2D eigenvalue weighted by atomic mass is 10.1. The van der Waals surface area contributed by atoms with Crippen LogP contribution in [0.4, 0.5) is 22.0 Å². The number of alkyl halides is 5. The fraction of sp³-hybridized carbons (Fsp3) is 0.444. The predicted octanol–water partition coefficient (Wildman–Crippen LogP) is 2.81. The van der Waals surface area contributed by atoms with Crippen molar-refractivity contribution in [3.8, 4) is 0 Å². The van der Waals surface area contributed by atoms with Gasteiger partial charge in [-0.2, -0.15) is 13.2 Å². The SMILES string of the molecule is Cc1nc(C(F)(F)F)c(CN)cc1C(F)F. The van der Waals surface area contributed by atoms with Gasteiger partial charge in [0.15, 0.2) is 0 Å². The Morgan fingerprint density at radius 3 is 2.31 bits per heavy atom. The number of aryl methyl sites for hydroxylation is 1. The summed E-state index contributed by atoms with van der Waals surface area (Å²) in [6.45, 7) is 0.624. The van der Waals surface area contributed by atoms with Crippen molar-refractivity contribution in [2.45, 2.75) is 26.1 Å². The first-order valence-electron chi connectivity index (χ1n) is 4.33. The Bertz CT molecular complexity index is 386. The van der Waals surface area contributed by atoms with Gasteiger partial charge in [-0.15, -0.1) is 0 Å². The summed E-state index contributed by atoms with van der Waals surface area (Å²) in [6.07, 6.45) is -7.54. The molecule has 1 aromatic heterocycles. The van der Waals surface area contributed by atoms with E-state index in [0.717, 1.165) is 13.0 Å². The number of halogens is 5. The molecule has 1 heterocycles. The predicted molar refractivity (Wildman–Crippen MR) is 46.8 cm³/mol. The number of nitrogens with two attached hydrogens (primary N) is 1. The highest BCUT2D eigenvalue weighted by Gasteiger charge is 2.36. The van der Waals surface area contributed by atoms with Gasteiger partial charge in [-0.05, 0) is 18.6 Å². The topological polar surface area (TPSA) is 38.9 Å². The molecule has 1 aromatic rings. The molecule has 0 aliphatic rings. The third kappa shape index (κ3) is 2.46. The molecule has 0 aromatic carbocycles. The second-order valence-electron chi connectivity index (χ2n) is 3.17. The van der Waals surface area contributed by atoms with Crippen molar-refractivity contribution in [3.63, 3.8) is 0 Å². The molecule has 0 unspecified atom stereocenters. The standard InChI is InChI=1S/C9H9F5N2/c1-4-6(8(10)11)2-5(3-15)7(16-4)9(12,13)14/h2,8H,3,15H2,1H3. The van der Waals surface area contributed by atoms with Gasteiger partial charge in [0.05, 0.1) is 0 Å². The first kappa shape index (κ1) is 12.8. The number of nitrogens with zero attached hydrogens (tertiary/aromatic N) is 1. The summed E-state index contributed by atoms with van der Waals surface area (Å²) in [7, 11) is 0. The minimum absolute atomic E-state index is 0.334. The van der Waals surface area contributed by atoms with E-state index in [4.69, 9.17) is 5.73 Å². The summed E-state index contributed by atoms with van der Waals surface area (Å²) in [4.78, 5) is 3.15. The van der Waals surface area contributed by atoms with E-state index < -0.39 is 36.0 Å². The van der Waals surface area contributed by atoms with Crippen molar-refractivity contribution in [1.82, 2.24) is 4.98 Å². The second-order valence-corrected chi connectivity index (χ2v) is 3.17. The number of hydrogen-bond donors (Lipinski definition) is 1. The largest absolute Gasteiger partial charge is 0.433 e. The van der Waals surface area contributed by atoms with Crippen LogP contribution in [0.1, 0.15) is 28.9 Å². The third-order valence-corrected chi connectivity index (χ3v) is 2.05. The molecule has 0 bridgehead atoms. The molecule has 0 saturated heterocycles. The molecule has 0 spiro atoms. The quantitative estimate of drug-likeness (QED) is 0.807. The molecule has 90 valence electrons. The lowest BCUT2D eigenvalue weighted by molar-refractivity contribution is -0.142. The maximum absolute atomic E-state index is 12.4. The average molecular weight is 240 g/mol. The van der Waals surface area contributed by atoms with Crippen molar-refractivity contribution in [3.05, 3.63) is 28.6 Å². The number of hydrogen-bond acceptors (Lipinski definition) is 2. The molecule has 0 aliphatic carbocycles. The zero-order valence-corrected chi connectivity index (χ0v) is 8.28. The van der Waals surface area contributed by atoms with Gasteiger partial charge < -0.3 is 5.73 Å². The van der Waals surface area contributed by atoms with Gasteiger partial charge in [-0.1, -0.05) is 0 Å². The fourth-order valence-electron chi connectivity index (χ4n) is 1.29. The average Bonchev–Trinajstić information content (AvgIpc) is 2.15. The summed E-state index contributed by atoms with van der Waals surface area (Å²) in [5.41, 5.74) is 2.61. The van der Waals surface area contributed by atoms with Gasteiger partial charge in [-0.3, -0.25) is 0 Å². The zero-order chi connectivity index (χ0) is 12.5. The van der Waals surface area contributed by atoms with E-state index in [1.54, 1.807) is 0 Å². The Labute approximate surface area is 88.3 Å². The van der Waals surface area contributed by atoms with Gasteiger partial charge in [0.25, 0.3) is 6.43 Å². The molecular weight excluding hydrogens is 231 g/mol. The normalized spacial score (nSPS) is 12.2. The second kappa shape index (κ2) is 4.32. The monoisotopic (exact) mass is 240 g/mol. The van der Waals surface area contributed by atoms with E-state index in [2.05, 4.69) is 4.98 Å². The van der Waals surface area contributed by atoms with E-state index in [-0.39, 0.29) is 5.69 Å². The van der Waals surface area contributed by atoms with Crippen molar-refractivity contribution >= 4 is 0 Å². The van der Waals surface area contributed by atoms with Crippen molar-refractivity contribution in [1.29, 1.82) is 0 Å². The molecule has 2 nitrogen and oxygen atoms in total. The summed E-state index contributed by atoms with van der Waals surface area (Å²) in [6, 6.07) is 0.760. The highest BCUT2D eigenvalue weighted by atomic mass is 19.4. The Hall–Kier alpha value is -1.24. The molecule has 16 heavy (non-hydrogen) atoms. The molecular formula is C9H9F5N2. The van der Waals surface area contributed by atoms with E-state index in [9.17, 15) is 22.0 Å². The van der Waals surface area contributed by atoms with Gasteiger partial charge in [0.2, 0.25) is 0 Å². The minimum Gasteiger partial charge on any atom is -0.326 e. The highest BCUT2D eigenvalue weighted by Crippen LogP contribution is 2.33. The Kier molecular flexibility index (Phi) is 3.47. The molecule has 2 N–H and O–H groups in total. The number of pyridine rings is 1. The smallest absolute Gasteiger partial charge is 0.326 e. The highest BCUT2D eigenvalue weighted by molar-refractivity contribution is 5.32.